The number of hydrogen-bond acceptors (Lipinski definition) is 3. The third-order valence-electron chi connectivity index (χ3n) is 2.98. The molecule has 0 radical (unpaired) electrons. The maximum Gasteiger partial charge on any atom is 0.232 e. The number of anilines is 1. The van der Waals surface area contributed by atoms with E-state index in [0.29, 0.717) is 12.1 Å². The largest absolute Gasteiger partial charge is 0.334 e. The highest BCUT2D eigenvalue weighted by molar-refractivity contribution is 7.92. The van der Waals surface area contributed by atoms with Crippen LogP contribution in [0.4, 0.5) is 5.69 Å². The molecule has 1 N–H and O–H groups in total. The molecular weight excluding hydrogens is 274 g/mol. The number of aromatic nitrogens is 2. The van der Waals surface area contributed by atoms with Gasteiger partial charge in [0.2, 0.25) is 10.0 Å². The van der Waals surface area contributed by atoms with E-state index in [9.17, 15) is 8.42 Å². The number of aryl methyl sites for hydroxylation is 1. The van der Waals surface area contributed by atoms with E-state index in [1.807, 2.05) is 36.9 Å². The van der Waals surface area contributed by atoms with Crippen LogP contribution in [0.3, 0.4) is 0 Å². The summed E-state index contributed by atoms with van der Waals surface area (Å²) in [5, 5.41) is 0. The maximum atomic E-state index is 11.9. The number of nitrogens with one attached hydrogen (secondary N) is 1. The van der Waals surface area contributed by atoms with Crippen molar-refractivity contribution in [1.82, 2.24) is 9.55 Å². The molecule has 2 rings (SSSR count). The molecule has 0 amide bonds. The summed E-state index contributed by atoms with van der Waals surface area (Å²) < 4.78 is 28.3. The summed E-state index contributed by atoms with van der Waals surface area (Å²) >= 11 is 0. The fourth-order valence-corrected chi connectivity index (χ4v) is 3.19. The van der Waals surface area contributed by atoms with Gasteiger partial charge in [-0.15, -0.1) is 0 Å². The molecule has 0 fully saturated rings. The summed E-state index contributed by atoms with van der Waals surface area (Å²) in [6.07, 6.45) is 5.09. The first-order valence-corrected chi connectivity index (χ1v) is 8.25. The van der Waals surface area contributed by atoms with Crippen LogP contribution < -0.4 is 4.72 Å². The normalized spacial score (nSPS) is 11.5. The van der Waals surface area contributed by atoms with Crippen molar-refractivity contribution in [3.63, 3.8) is 0 Å². The zero-order valence-electron chi connectivity index (χ0n) is 11.7. The van der Waals surface area contributed by atoms with Crippen molar-refractivity contribution in [3.05, 3.63) is 36.7 Å². The lowest BCUT2D eigenvalue weighted by Gasteiger charge is -2.09. The van der Waals surface area contributed by atoms with E-state index in [2.05, 4.69) is 9.71 Å². The molecule has 0 aliphatic carbocycles. The van der Waals surface area contributed by atoms with E-state index < -0.39 is 10.0 Å². The van der Waals surface area contributed by atoms with E-state index in [-0.39, 0.29) is 5.75 Å². The first kappa shape index (κ1) is 14.6. The summed E-state index contributed by atoms with van der Waals surface area (Å²) in [5.74, 6) is 0.954. The number of sulfonamides is 1. The van der Waals surface area contributed by atoms with Crippen LogP contribution in [-0.4, -0.2) is 23.7 Å². The van der Waals surface area contributed by atoms with Crippen molar-refractivity contribution < 1.29 is 8.42 Å². The molecule has 0 aliphatic rings. The Kier molecular flexibility index (Phi) is 4.44. The zero-order chi connectivity index (χ0) is 14.6. The van der Waals surface area contributed by atoms with E-state index >= 15 is 0 Å². The highest BCUT2D eigenvalue weighted by Gasteiger charge is 2.11. The van der Waals surface area contributed by atoms with Gasteiger partial charge in [-0.2, -0.15) is 0 Å². The first-order valence-electron chi connectivity index (χ1n) is 6.60. The molecule has 0 unspecified atom stereocenters. The van der Waals surface area contributed by atoms with Gasteiger partial charge in [-0.3, -0.25) is 4.72 Å². The number of unbranched alkanes of at least 4 members (excludes halogenated alkanes) is 1. The smallest absolute Gasteiger partial charge is 0.232 e. The lowest BCUT2D eigenvalue weighted by molar-refractivity contribution is 0.598. The number of hydrogen-bond donors (Lipinski definition) is 1. The van der Waals surface area contributed by atoms with Crippen LogP contribution in [0.2, 0.25) is 0 Å². The predicted octanol–water partition coefficient (Wildman–Crippen LogP) is 2.63. The van der Waals surface area contributed by atoms with E-state index in [1.54, 1.807) is 18.3 Å². The van der Waals surface area contributed by atoms with Crippen LogP contribution in [0.5, 0.6) is 0 Å². The first-order chi connectivity index (χ1) is 9.52. The Hall–Kier alpha value is -1.82. The summed E-state index contributed by atoms with van der Waals surface area (Å²) in [4.78, 5) is 4.26. The molecule has 0 bridgehead atoms. The van der Waals surface area contributed by atoms with Crippen molar-refractivity contribution in [2.24, 2.45) is 7.05 Å². The Labute approximate surface area is 119 Å². The molecule has 0 saturated heterocycles. The quantitative estimate of drug-likeness (QED) is 0.890. The fourth-order valence-electron chi connectivity index (χ4n) is 1.93. The van der Waals surface area contributed by atoms with Crippen LogP contribution in [0, 0.1) is 0 Å². The molecule has 1 heterocycles. The van der Waals surface area contributed by atoms with Crippen molar-refractivity contribution in [3.8, 4) is 11.4 Å². The molecule has 0 spiro atoms. The number of rotatable bonds is 6. The molecule has 2 aromatic rings. The Balaban J connectivity index is 2.21. The second-order valence-corrected chi connectivity index (χ2v) is 6.56. The number of nitrogens with zero attached hydrogens (tertiary/aromatic N) is 2. The van der Waals surface area contributed by atoms with E-state index in [4.69, 9.17) is 0 Å². The maximum absolute atomic E-state index is 11.9. The van der Waals surface area contributed by atoms with Crippen molar-refractivity contribution in [2.75, 3.05) is 10.5 Å². The van der Waals surface area contributed by atoms with Crippen LogP contribution in [0.25, 0.3) is 11.4 Å². The van der Waals surface area contributed by atoms with Gasteiger partial charge in [-0.1, -0.05) is 25.5 Å². The van der Waals surface area contributed by atoms with Crippen molar-refractivity contribution in [2.45, 2.75) is 19.8 Å². The molecular formula is C14H19N3O2S. The lowest BCUT2D eigenvalue weighted by atomic mass is 10.2. The summed E-state index contributed by atoms with van der Waals surface area (Å²) in [6, 6.07) is 7.27. The Bertz CT molecular complexity index is 677. The Morgan fingerprint density at radius 2 is 2.15 bits per heavy atom. The average molecular weight is 293 g/mol. The Morgan fingerprint density at radius 3 is 2.80 bits per heavy atom. The molecule has 1 aromatic heterocycles. The minimum atomic E-state index is -3.27. The highest BCUT2D eigenvalue weighted by Crippen LogP contribution is 2.21. The third-order valence-corrected chi connectivity index (χ3v) is 4.35. The molecule has 20 heavy (non-hydrogen) atoms. The van der Waals surface area contributed by atoms with Gasteiger partial charge in [0.15, 0.2) is 0 Å². The predicted molar refractivity (Wildman–Crippen MR) is 81.0 cm³/mol. The second-order valence-electron chi connectivity index (χ2n) is 4.72. The van der Waals surface area contributed by atoms with Crippen molar-refractivity contribution in [1.29, 1.82) is 0 Å². The summed E-state index contributed by atoms with van der Waals surface area (Å²) in [7, 11) is -1.37. The van der Waals surface area contributed by atoms with Gasteiger partial charge in [-0.05, 0) is 18.6 Å². The fraction of sp³-hybridized carbons (Fsp3) is 0.357. The summed E-state index contributed by atoms with van der Waals surface area (Å²) in [5.41, 5.74) is 1.45. The minimum absolute atomic E-state index is 0.149. The van der Waals surface area contributed by atoms with Crippen LogP contribution in [0.1, 0.15) is 19.8 Å². The molecule has 0 aliphatic heterocycles. The molecule has 0 saturated carbocycles. The topological polar surface area (TPSA) is 64.0 Å². The molecule has 6 heteroatoms. The molecule has 5 nitrogen and oxygen atoms in total. The highest BCUT2D eigenvalue weighted by atomic mass is 32.2. The van der Waals surface area contributed by atoms with Gasteiger partial charge in [0.1, 0.15) is 5.82 Å². The van der Waals surface area contributed by atoms with Crippen LogP contribution in [0.15, 0.2) is 36.7 Å². The number of benzene rings is 1. The zero-order valence-corrected chi connectivity index (χ0v) is 12.5. The van der Waals surface area contributed by atoms with Gasteiger partial charge < -0.3 is 4.57 Å². The van der Waals surface area contributed by atoms with Gasteiger partial charge >= 0.3 is 0 Å². The van der Waals surface area contributed by atoms with Crippen LogP contribution in [-0.2, 0) is 17.1 Å². The van der Waals surface area contributed by atoms with Crippen molar-refractivity contribution >= 4 is 15.7 Å². The minimum Gasteiger partial charge on any atom is -0.334 e. The lowest BCUT2D eigenvalue weighted by Crippen LogP contribution is -2.16. The second kappa shape index (κ2) is 6.09. The molecule has 1 aromatic carbocycles. The van der Waals surface area contributed by atoms with Gasteiger partial charge in [0, 0.05) is 30.7 Å². The van der Waals surface area contributed by atoms with E-state index in [1.165, 1.54) is 0 Å². The molecule has 108 valence electrons. The Morgan fingerprint density at radius 1 is 1.35 bits per heavy atom. The van der Waals surface area contributed by atoms with Gasteiger partial charge in [0.05, 0.1) is 5.75 Å². The standard InChI is InChI=1S/C14H19N3O2S/c1-3-4-10-20(18,19)16-13-7-5-6-12(11-13)14-15-8-9-17(14)2/h5-9,11,16H,3-4,10H2,1-2H3. The summed E-state index contributed by atoms with van der Waals surface area (Å²) in [6.45, 7) is 1.97. The van der Waals surface area contributed by atoms with Gasteiger partial charge in [0.25, 0.3) is 0 Å². The monoisotopic (exact) mass is 293 g/mol. The van der Waals surface area contributed by atoms with Gasteiger partial charge in [-0.25, -0.2) is 13.4 Å². The third kappa shape index (κ3) is 3.60. The SMILES string of the molecule is CCCCS(=O)(=O)Nc1cccc(-c2nccn2C)c1. The molecule has 0 atom stereocenters. The van der Waals surface area contributed by atoms with Crippen LogP contribution >= 0.6 is 0 Å². The van der Waals surface area contributed by atoms with E-state index in [0.717, 1.165) is 17.8 Å². The average Bonchev–Trinajstić information content (AvgIpc) is 2.82. The number of imidazole rings is 1.